The van der Waals surface area contributed by atoms with Crippen LogP contribution in [0.3, 0.4) is 0 Å². The molecular weight excluding hydrogens is 306 g/mol. The molecule has 0 saturated heterocycles. The monoisotopic (exact) mass is 331 g/mol. The summed E-state index contributed by atoms with van der Waals surface area (Å²) in [7, 11) is 0. The Hall–Kier alpha value is -2.17. The van der Waals surface area contributed by atoms with Gasteiger partial charge < -0.3 is 10.1 Å². The Balaban J connectivity index is 2.15. The Labute approximate surface area is 142 Å². The summed E-state index contributed by atoms with van der Waals surface area (Å²) in [5, 5.41) is 2.81. The molecule has 1 saturated carbocycles. The molecule has 1 N–H and O–H groups in total. The van der Waals surface area contributed by atoms with Gasteiger partial charge in [0, 0.05) is 12.5 Å². The molecule has 0 bridgehead atoms. The summed E-state index contributed by atoms with van der Waals surface area (Å²) in [5.41, 5.74) is 1.68. The maximum absolute atomic E-state index is 12.9. The summed E-state index contributed by atoms with van der Waals surface area (Å²) in [6, 6.07) is 6.80. The predicted octanol–water partition coefficient (Wildman–Crippen LogP) is 2.80. The Morgan fingerprint density at radius 3 is 2.25 bits per heavy atom. The maximum atomic E-state index is 12.9. The second-order valence-electron chi connectivity index (χ2n) is 6.51. The van der Waals surface area contributed by atoms with E-state index in [0.717, 1.165) is 31.2 Å². The van der Waals surface area contributed by atoms with Gasteiger partial charge >= 0.3 is 5.97 Å². The third-order valence-electron chi connectivity index (χ3n) is 4.50. The minimum absolute atomic E-state index is 0.0784. The van der Waals surface area contributed by atoms with Crippen LogP contribution in [0, 0.1) is 12.8 Å². The Bertz CT molecular complexity index is 602. The van der Waals surface area contributed by atoms with Gasteiger partial charge in [-0.2, -0.15) is 0 Å². The summed E-state index contributed by atoms with van der Waals surface area (Å²) < 4.78 is 4.91. The van der Waals surface area contributed by atoms with Crippen LogP contribution in [-0.4, -0.2) is 29.8 Å². The molecule has 2 unspecified atom stereocenters. The number of ether oxygens (including phenoxy) is 1. The fourth-order valence-corrected chi connectivity index (χ4v) is 3.16. The van der Waals surface area contributed by atoms with Crippen LogP contribution in [0.5, 0.6) is 0 Å². The van der Waals surface area contributed by atoms with Gasteiger partial charge in [0.05, 0.1) is 6.04 Å². The standard InChI is InChI=1S/C19H25NO4/c1-12-8-10-16(11-9-12)18(22)17(15-6-4-5-7-15)20-19(23)13(2)24-14(3)21/h8-11,13,15,17H,4-7H2,1-3H3,(H,20,23). The summed E-state index contributed by atoms with van der Waals surface area (Å²) in [6.45, 7) is 4.74. The molecule has 24 heavy (non-hydrogen) atoms. The summed E-state index contributed by atoms with van der Waals surface area (Å²) >= 11 is 0. The van der Waals surface area contributed by atoms with E-state index in [4.69, 9.17) is 4.74 Å². The van der Waals surface area contributed by atoms with Gasteiger partial charge in [-0.05, 0) is 32.6 Å². The number of hydrogen-bond acceptors (Lipinski definition) is 4. The van der Waals surface area contributed by atoms with E-state index in [0.29, 0.717) is 5.56 Å². The normalized spacial score (nSPS) is 17.1. The highest BCUT2D eigenvalue weighted by Gasteiger charge is 2.33. The van der Waals surface area contributed by atoms with Crippen LogP contribution in [-0.2, 0) is 14.3 Å². The predicted molar refractivity (Wildman–Crippen MR) is 90.6 cm³/mol. The van der Waals surface area contributed by atoms with Gasteiger partial charge in [-0.3, -0.25) is 14.4 Å². The number of nitrogens with one attached hydrogen (secondary N) is 1. The number of carbonyl (C=O) groups is 3. The molecule has 2 rings (SSSR count). The fourth-order valence-electron chi connectivity index (χ4n) is 3.16. The zero-order valence-electron chi connectivity index (χ0n) is 14.5. The fraction of sp³-hybridized carbons (Fsp3) is 0.526. The van der Waals surface area contributed by atoms with E-state index in [2.05, 4.69) is 5.32 Å². The number of carbonyl (C=O) groups excluding carboxylic acids is 3. The zero-order valence-corrected chi connectivity index (χ0v) is 14.5. The number of Topliss-reactive ketones (excluding diaryl/α,β-unsaturated/α-hetero) is 1. The van der Waals surface area contributed by atoms with Crippen molar-refractivity contribution in [3.05, 3.63) is 35.4 Å². The number of aryl methyl sites for hydroxylation is 1. The molecule has 5 heteroatoms. The lowest BCUT2D eigenvalue weighted by Gasteiger charge is -2.25. The topological polar surface area (TPSA) is 72.5 Å². The van der Waals surface area contributed by atoms with Crippen LogP contribution in [0.4, 0.5) is 0 Å². The first-order chi connectivity index (χ1) is 11.4. The highest BCUT2D eigenvalue weighted by molar-refractivity contribution is 6.02. The van der Waals surface area contributed by atoms with Gasteiger partial charge in [-0.15, -0.1) is 0 Å². The molecular formula is C19H25NO4. The van der Waals surface area contributed by atoms with Crippen molar-refractivity contribution in [2.45, 2.75) is 58.6 Å². The largest absolute Gasteiger partial charge is 0.453 e. The van der Waals surface area contributed by atoms with Gasteiger partial charge in [0.25, 0.3) is 5.91 Å². The Kier molecular flexibility index (Phi) is 6.12. The molecule has 130 valence electrons. The van der Waals surface area contributed by atoms with E-state index in [9.17, 15) is 14.4 Å². The third-order valence-corrected chi connectivity index (χ3v) is 4.50. The number of esters is 1. The quantitative estimate of drug-likeness (QED) is 0.642. The molecule has 1 aliphatic rings. The van der Waals surface area contributed by atoms with Crippen molar-refractivity contribution in [2.75, 3.05) is 0 Å². The highest BCUT2D eigenvalue weighted by Crippen LogP contribution is 2.29. The number of rotatable bonds is 6. The van der Waals surface area contributed by atoms with E-state index in [1.54, 1.807) is 12.1 Å². The first kappa shape index (κ1) is 18.2. The van der Waals surface area contributed by atoms with Gasteiger partial charge in [0.1, 0.15) is 0 Å². The van der Waals surface area contributed by atoms with E-state index >= 15 is 0 Å². The summed E-state index contributed by atoms with van der Waals surface area (Å²) in [6.07, 6.45) is 3.07. The van der Waals surface area contributed by atoms with Gasteiger partial charge in [-0.25, -0.2) is 0 Å². The van der Waals surface area contributed by atoms with Crippen molar-refractivity contribution in [2.24, 2.45) is 5.92 Å². The van der Waals surface area contributed by atoms with E-state index in [-0.39, 0.29) is 11.7 Å². The zero-order chi connectivity index (χ0) is 17.7. The average molecular weight is 331 g/mol. The molecule has 0 spiro atoms. The van der Waals surface area contributed by atoms with Crippen molar-refractivity contribution >= 4 is 17.7 Å². The second-order valence-corrected chi connectivity index (χ2v) is 6.51. The van der Waals surface area contributed by atoms with Crippen LogP contribution >= 0.6 is 0 Å². The Morgan fingerprint density at radius 1 is 1.12 bits per heavy atom. The van der Waals surface area contributed by atoms with Crippen molar-refractivity contribution in [1.82, 2.24) is 5.32 Å². The lowest BCUT2D eigenvalue weighted by Crippen LogP contribution is -2.49. The molecule has 2 atom stereocenters. The molecule has 1 aromatic carbocycles. The summed E-state index contributed by atoms with van der Waals surface area (Å²) in [5.74, 6) is -0.889. The van der Waals surface area contributed by atoms with Crippen LogP contribution in [0.2, 0.25) is 0 Å². The number of amides is 1. The average Bonchev–Trinajstić information content (AvgIpc) is 3.06. The van der Waals surface area contributed by atoms with Crippen molar-refractivity contribution in [3.63, 3.8) is 0 Å². The molecule has 1 aromatic rings. The van der Waals surface area contributed by atoms with E-state index in [1.165, 1.54) is 13.8 Å². The number of hydrogen-bond donors (Lipinski definition) is 1. The first-order valence-electron chi connectivity index (χ1n) is 8.47. The van der Waals surface area contributed by atoms with Crippen LogP contribution in [0.25, 0.3) is 0 Å². The molecule has 0 aromatic heterocycles. The smallest absolute Gasteiger partial charge is 0.303 e. The first-order valence-corrected chi connectivity index (χ1v) is 8.47. The van der Waals surface area contributed by atoms with E-state index < -0.39 is 24.0 Å². The molecule has 1 aliphatic carbocycles. The van der Waals surface area contributed by atoms with Crippen LogP contribution in [0.1, 0.15) is 55.5 Å². The molecule has 0 heterocycles. The molecule has 1 fully saturated rings. The molecule has 0 aliphatic heterocycles. The minimum atomic E-state index is -0.905. The number of ketones is 1. The lowest BCUT2D eigenvalue weighted by molar-refractivity contribution is -0.152. The van der Waals surface area contributed by atoms with Gasteiger partial charge in [-0.1, -0.05) is 42.7 Å². The van der Waals surface area contributed by atoms with Crippen LogP contribution < -0.4 is 5.32 Å². The van der Waals surface area contributed by atoms with Gasteiger partial charge in [0.2, 0.25) is 0 Å². The number of benzene rings is 1. The molecule has 5 nitrogen and oxygen atoms in total. The van der Waals surface area contributed by atoms with Crippen molar-refractivity contribution in [1.29, 1.82) is 0 Å². The molecule has 0 radical (unpaired) electrons. The van der Waals surface area contributed by atoms with E-state index in [1.807, 2.05) is 19.1 Å². The highest BCUT2D eigenvalue weighted by atomic mass is 16.5. The minimum Gasteiger partial charge on any atom is -0.453 e. The SMILES string of the molecule is CC(=O)OC(C)C(=O)NC(C(=O)c1ccc(C)cc1)C1CCCC1. The van der Waals surface area contributed by atoms with Crippen molar-refractivity contribution in [3.8, 4) is 0 Å². The maximum Gasteiger partial charge on any atom is 0.303 e. The third kappa shape index (κ3) is 4.66. The lowest BCUT2D eigenvalue weighted by atomic mass is 9.90. The second kappa shape index (κ2) is 8.08. The van der Waals surface area contributed by atoms with Crippen LogP contribution in [0.15, 0.2) is 24.3 Å². The molecule has 1 amide bonds. The van der Waals surface area contributed by atoms with Gasteiger partial charge in [0.15, 0.2) is 11.9 Å². The van der Waals surface area contributed by atoms with Crippen molar-refractivity contribution < 1.29 is 19.1 Å². The Morgan fingerprint density at radius 2 is 1.71 bits per heavy atom. The summed E-state index contributed by atoms with van der Waals surface area (Å²) in [4.78, 5) is 36.2.